The van der Waals surface area contributed by atoms with Crippen LogP contribution in [-0.4, -0.2) is 16.8 Å². The SMILES string of the molecule is CC(C)(CBr)NC(=O)c1ccc2cc(Br)ccc2c1. The van der Waals surface area contributed by atoms with Gasteiger partial charge in [0.25, 0.3) is 5.91 Å². The molecule has 2 nitrogen and oxygen atoms in total. The molecule has 100 valence electrons. The van der Waals surface area contributed by atoms with E-state index < -0.39 is 0 Å². The second-order valence-electron chi connectivity index (χ2n) is 5.18. The fraction of sp³-hybridized carbons (Fsp3) is 0.267. The molecular weight excluding hydrogens is 370 g/mol. The quantitative estimate of drug-likeness (QED) is 0.775. The molecule has 0 fully saturated rings. The predicted molar refractivity (Wildman–Crippen MR) is 87.0 cm³/mol. The van der Waals surface area contributed by atoms with Crippen LogP contribution in [0.3, 0.4) is 0 Å². The van der Waals surface area contributed by atoms with Crippen LogP contribution in [0.4, 0.5) is 0 Å². The number of carbonyl (C=O) groups is 1. The summed E-state index contributed by atoms with van der Waals surface area (Å²) in [5, 5.41) is 5.90. The number of hydrogen-bond donors (Lipinski definition) is 1. The van der Waals surface area contributed by atoms with Crippen LogP contribution in [0.25, 0.3) is 10.8 Å². The number of benzene rings is 2. The maximum atomic E-state index is 12.2. The smallest absolute Gasteiger partial charge is 0.251 e. The van der Waals surface area contributed by atoms with E-state index in [4.69, 9.17) is 0 Å². The highest BCUT2D eigenvalue weighted by Crippen LogP contribution is 2.21. The molecule has 2 aromatic carbocycles. The van der Waals surface area contributed by atoms with Crippen molar-refractivity contribution in [3.05, 3.63) is 46.4 Å². The first kappa shape index (κ1) is 14.5. The molecule has 0 aromatic heterocycles. The zero-order valence-corrected chi connectivity index (χ0v) is 14.0. The summed E-state index contributed by atoms with van der Waals surface area (Å²) >= 11 is 6.84. The van der Waals surface area contributed by atoms with Crippen molar-refractivity contribution >= 4 is 48.5 Å². The van der Waals surface area contributed by atoms with Gasteiger partial charge in [0.05, 0.1) is 0 Å². The van der Waals surface area contributed by atoms with Crippen molar-refractivity contribution < 1.29 is 4.79 Å². The van der Waals surface area contributed by atoms with Crippen molar-refractivity contribution in [3.8, 4) is 0 Å². The van der Waals surface area contributed by atoms with E-state index in [9.17, 15) is 4.79 Å². The Balaban J connectivity index is 2.31. The summed E-state index contributed by atoms with van der Waals surface area (Å²) < 4.78 is 1.04. The summed E-state index contributed by atoms with van der Waals surface area (Å²) in [7, 11) is 0. The molecule has 0 spiro atoms. The molecule has 1 N–H and O–H groups in total. The average molecular weight is 385 g/mol. The van der Waals surface area contributed by atoms with E-state index in [2.05, 4.69) is 37.2 Å². The Morgan fingerprint density at radius 2 is 1.79 bits per heavy atom. The monoisotopic (exact) mass is 383 g/mol. The third-order valence-corrected chi connectivity index (χ3v) is 4.75. The molecular formula is C15H15Br2NO. The average Bonchev–Trinajstić information content (AvgIpc) is 2.37. The topological polar surface area (TPSA) is 29.1 Å². The van der Waals surface area contributed by atoms with Crippen molar-refractivity contribution in [2.24, 2.45) is 0 Å². The minimum atomic E-state index is -0.258. The molecule has 0 bridgehead atoms. The van der Waals surface area contributed by atoms with Gasteiger partial charge in [0.1, 0.15) is 0 Å². The zero-order chi connectivity index (χ0) is 14.0. The molecule has 19 heavy (non-hydrogen) atoms. The Morgan fingerprint density at radius 1 is 1.16 bits per heavy atom. The number of fused-ring (bicyclic) bond motifs is 1. The van der Waals surface area contributed by atoms with Gasteiger partial charge in [-0.15, -0.1) is 0 Å². The molecule has 0 saturated carbocycles. The summed E-state index contributed by atoms with van der Waals surface area (Å²) in [6.07, 6.45) is 0. The van der Waals surface area contributed by atoms with Gasteiger partial charge < -0.3 is 5.32 Å². The lowest BCUT2D eigenvalue weighted by atomic mass is 10.0. The van der Waals surface area contributed by atoms with Gasteiger partial charge in [0.2, 0.25) is 0 Å². The normalized spacial score (nSPS) is 11.6. The number of halogens is 2. The fourth-order valence-corrected chi connectivity index (χ4v) is 2.29. The molecule has 0 aliphatic carbocycles. The molecule has 0 aliphatic rings. The van der Waals surface area contributed by atoms with Crippen molar-refractivity contribution in [1.82, 2.24) is 5.32 Å². The Bertz CT molecular complexity index is 623. The number of hydrogen-bond acceptors (Lipinski definition) is 1. The molecule has 4 heteroatoms. The van der Waals surface area contributed by atoms with Crippen molar-refractivity contribution in [2.75, 3.05) is 5.33 Å². The molecule has 2 rings (SSSR count). The summed E-state index contributed by atoms with van der Waals surface area (Å²) in [6.45, 7) is 3.97. The van der Waals surface area contributed by atoms with Crippen LogP contribution < -0.4 is 5.32 Å². The number of alkyl halides is 1. The number of carbonyl (C=O) groups excluding carboxylic acids is 1. The van der Waals surface area contributed by atoms with E-state index in [1.807, 2.05) is 50.2 Å². The van der Waals surface area contributed by atoms with E-state index in [1.165, 1.54) is 0 Å². The van der Waals surface area contributed by atoms with Crippen molar-refractivity contribution in [2.45, 2.75) is 19.4 Å². The van der Waals surface area contributed by atoms with E-state index in [0.717, 1.165) is 15.2 Å². The van der Waals surface area contributed by atoms with Crippen LogP contribution in [-0.2, 0) is 0 Å². The zero-order valence-electron chi connectivity index (χ0n) is 10.8. The Hall–Kier alpha value is -0.870. The third-order valence-electron chi connectivity index (χ3n) is 2.85. The van der Waals surface area contributed by atoms with E-state index in [-0.39, 0.29) is 11.4 Å². The second kappa shape index (κ2) is 5.63. The van der Waals surface area contributed by atoms with Gasteiger partial charge >= 0.3 is 0 Å². The minimum Gasteiger partial charge on any atom is -0.346 e. The molecule has 0 aliphatic heterocycles. The summed E-state index contributed by atoms with van der Waals surface area (Å²) in [4.78, 5) is 12.2. The Morgan fingerprint density at radius 3 is 2.47 bits per heavy atom. The van der Waals surface area contributed by atoms with Gasteiger partial charge in [-0.3, -0.25) is 4.79 Å². The highest BCUT2D eigenvalue weighted by atomic mass is 79.9. The van der Waals surface area contributed by atoms with Crippen LogP contribution in [0.15, 0.2) is 40.9 Å². The van der Waals surface area contributed by atoms with E-state index in [0.29, 0.717) is 10.9 Å². The number of amides is 1. The molecule has 2 aromatic rings. The summed E-state index contributed by atoms with van der Waals surface area (Å²) in [6, 6.07) is 11.8. The molecule has 0 radical (unpaired) electrons. The van der Waals surface area contributed by atoms with Gasteiger partial charge in [-0.25, -0.2) is 0 Å². The van der Waals surface area contributed by atoms with E-state index >= 15 is 0 Å². The van der Waals surface area contributed by atoms with Gasteiger partial charge in [-0.1, -0.05) is 44.0 Å². The molecule has 1 amide bonds. The summed E-state index contributed by atoms with van der Waals surface area (Å²) in [5.74, 6) is -0.0470. The second-order valence-corrected chi connectivity index (χ2v) is 6.65. The fourth-order valence-electron chi connectivity index (χ4n) is 1.77. The lowest BCUT2D eigenvalue weighted by Gasteiger charge is -2.23. The van der Waals surface area contributed by atoms with Gasteiger partial charge in [-0.2, -0.15) is 0 Å². The van der Waals surface area contributed by atoms with Crippen molar-refractivity contribution in [3.63, 3.8) is 0 Å². The highest BCUT2D eigenvalue weighted by molar-refractivity contribution is 9.10. The Kier molecular flexibility index (Phi) is 4.31. The third kappa shape index (κ3) is 3.57. The minimum absolute atomic E-state index is 0.0470. The molecule has 0 heterocycles. The largest absolute Gasteiger partial charge is 0.346 e. The van der Waals surface area contributed by atoms with Crippen LogP contribution >= 0.6 is 31.9 Å². The standard InChI is InChI=1S/C15H15Br2NO/c1-15(2,9-16)18-14(19)12-4-3-11-8-13(17)6-5-10(11)7-12/h3-8H,9H2,1-2H3,(H,18,19). The van der Waals surface area contributed by atoms with Crippen LogP contribution in [0.1, 0.15) is 24.2 Å². The maximum absolute atomic E-state index is 12.2. The lowest BCUT2D eigenvalue weighted by molar-refractivity contribution is 0.0921. The van der Waals surface area contributed by atoms with Gasteiger partial charge in [-0.05, 0) is 48.9 Å². The summed E-state index contributed by atoms with van der Waals surface area (Å²) in [5.41, 5.74) is 0.426. The first-order chi connectivity index (χ1) is 8.91. The number of nitrogens with one attached hydrogen (secondary N) is 1. The van der Waals surface area contributed by atoms with Crippen LogP contribution in [0, 0.1) is 0 Å². The first-order valence-corrected chi connectivity index (χ1v) is 7.90. The van der Waals surface area contributed by atoms with Crippen molar-refractivity contribution in [1.29, 1.82) is 0 Å². The first-order valence-electron chi connectivity index (χ1n) is 5.99. The Labute approximate surface area is 129 Å². The molecule has 0 atom stereocenters. The lowest BCUT2D eigenvalue weighted by Crippen LogP contribution is -2.44. The van der Waals surface area contributed by atoms with Gasteiger partial charge in [0, 0.05) is 20.9 Å². The predicted octanol–water partition coefficient (Wildman–Crippen LogP) is 4.51. The molecule has 0 unspecified atom stereocenters. The maximum Gasteiger partial charge on any atom is 0.251 e. The van der Waals surface area contributed by atoms with Crippen LogP contribution in [0.5, 0.6) is 0 Å². The highest BCUT2D eigenvalue weighted by Gasteiger charge is 2.19. The number of rotatable bonds is 3. The molecule has 0 saturated heterocycles. The van der Waals surface area contributed by atoms with Gasteiger partial charge in [0.15, 0.2) is 0 Å². The van der Waals surface area contributed by atoms with E-state index in [1.54, 1.807) is 0 Å². The van der Waals surface area contributed by atoms with Crippen LogP contribution in [0.2, 0.25) is 0 Å².